The first kappa shape index (κ1) is 22.7. The van der Waals surface area contributed by atoms with Gasteiger partial charge in [-0.25, -0.2) is 0 Å². The average molecular weight is 474 g/mol. The predicted octanol–water partition coefficient (Wildman–Crippen LogP) is 7.59. The lowest BCUT2D eigenvalue weighted by atomic mass is 9.41. The lowest BCUT2D eigenvalue weighted by Crippen LogP contribution is -2.41. The van der Waals surface area contributed by atoms with E-state index in [1.807, 2.05) is 39.1 Å². The second kappa shape index (κ2) is 7.07. The van der Waals surface area contributed by atoms with Crippen LogP contribution in [0.15, 0.2) is 79.0 Å². The molecular formula is C33H28B2N2. The number of fused-ring (bicyclic) bond motifs is 8. The molecule has 1 aliphatic carbocycles. The first-order valence-corrected chi connectivity index (χ1v) is 13.0. The zero-order valence-corrected chi connectivity index (χ0v) is 22.1. The molecule has 1 aliphatic rings. The van der Waals surface area contributed by atoms with Gasteiger partial charge in [0.2, 0.25) is 0 Å². The third-order valence-electron chi connectivity index (χ3n) is 8.78. The van der Waals surface area contributed by atoms with Crippen molar-refractivity contribution in [2.45, 2.75) is 45.2 Å². The van der Waals surface area contributed by atoms with Crippen molar-refractivity contribution in [3.05, 3.63) is 95.7 Å². The van der Waals surface area contributed by atoms with Gasteiger partial charge in [-0.15, -0.1) is 0 Å². The number of hydrogen-bond donors (Lipinski definition) is 0. The van der Waals surface area contributed by atoms with E-state index in [2.05, 4.69) is 78.9 Å². The maximum Gasteiger partial charge on any atom is 0.0702 e. The summed E-state index contributed by atoms with van der Waals surface area (Å²) >= 11 is 0. The summed E-state index contributed by atoms with van der Waals surface area (Å²) in [7, 11) is 13.0. The lowest BCUT2D eigenvalue weighted by Gasteiger charge is -2.40. The molecule has 0 saturated carbocycles. The van der Waals surface area contributed by atoms with E-state index in [1.54, 1.807) is 0 Å². The molecule has 0 bridgehead atoms. The summed E-state index contributed by atoms with van der Waals surface area (Å²) in [6.45, 7) is 10.9. The minimum Gasteiger partial charge on any atom is -0.308 e. The average Bonchev–Trinajstić information content (AvgIpc) is 3.47. The Hall–Kier alpha value is -3.52. The predicted molar refractivity (Wildman–Crippen MR) is 157 cm³/mol. The highest BCUT2D eigenvalue weighted by atomic mass is 14.9. The van der Waals surface area contributed by atoms with E-state index in [9.17, 15) is 0 Å². The zero-order chi connectivity index (χ0) is 25.9. The van der Waals surface area contributed by atoms with E-state index in [0.29, 0.717) is 0 Å². The van der Waals surface area contributed by atoms with Crippen molar-refractivity contribution in [3.63, 3.8) is 0 Å². The number of benzene rings is 3. The van der Waals surface area contributed by atoms with Crippen LogP contribution in [0.3, 0.4) is 0 Å². The normalized spacial score (nSPS) is 15.1. The third kappa shape index (κ3) is 2.82. The Labute approximate surface area is 220 Å². The first-order chi connectivity index (χ1) is 17.5. The Bertz CT molecular complexity index is 1850. The van der Waals surface area contributed by atoms with Crippen molar-refractivity contribution in [1.29, 1.82) is 0 Å². The zero-order valence-electron chi connectivity index (χ0n) is 22.1. The fourth-order valence-corrected chi connectivity index (χ4v) is 6.40. The molecule has 176 valence electrons. The van der Waals surface area contributed by atoms with Crippen LogP contribution in [-0.2, 0) is 10.6 Å². The molecular weight excluding hydrogens is 446 g/mol. The second-order valence-corrected chi connectivity index (χ2v) is 12.2. The van der Waals surface area contributed by atoms with Crippen molar-refractivity contribution in [3.8, 4) is 22.5 Å². The maximum absolute atomic E-state index is 6.49. The third-order valence-corrected chi connectivity index (χ3v) is 8.78. The number of hydrogen-bond acceptors (Lipinski definition) is 1. The number of aromatic nitrogens is 2. The van der Waals surface area contributed by atoms with Crippen LogP contribution in [0.4, 0.5) is 0 Å². The van der Waals surface area contributed by atoms with Gasteiger partial charge in [-0.05, 0) is 40.3 Å². The molecule has 0 spiro atoms. The van der Waals surface area contributed by atoms with Gasteiger partial charge in [-0.3, -0.25) is 4.98 Å². The molecule has 4 radical (unpaired) electrons. The minimum atomic E-state index is -0.958. The standard InChI is InChI=1S/C33H28B2N2/c1-31(2,3)33(34,35)20-14-15-26(36-18-20)19-13-16-27-24(17-19)21-10-8-11-23-28-30(37(27)29(21)23)22-9-6-7-12-25(22)32(28,4)5/h6-18H,1-5H3. The van der Waals surface area contributed by atoms with Gasteiger partial charge in [0.05, 0.1) is 38.1 Å². The van der Waals surface area contributed by atoms with Gasteiger partial charge in [0, 0.05) is 38.9 Å². The maximum atomic E-state index is 6.49. The Morgan fingerprint density at radius 1 is 0.811 bits per heavy atom. The van der Waals surface area contributed by atoms with E-state index in [-0.39, 0.29) is 10.8 Å². The van der Waals surface area contributed by atoms with Crippen molar-refractivity contribution in [2.24, 2.45) is 5.41 Å². The smallest absolute Gasteiger partial charge is 0.0702 e. The van der Waals surface area contributed by atoms with Gasteiger partial charge in [0.1, 0.15) is 0 Å². The summed E-state index contributed by atoms with van der Waals surface area (Å²) in [5.41, 5.74) is 10.6. The van der Waals surface area contributed by atoms with Crippen molar-refractivity contribution in [1.82, 2.24) is 9.38 Å². The Morgan fingerprint density at radius 3 is 2.30 bits per heavy atom. The molecule has 0 N–H and O–H groups in total. The molecule has 0 unspecified atom stereocenters. The fourth-order valence-electron chi connectivity index (χ4n) is 6.40. The molecule has 3 aromatic carbocycles. The highest BCUT2D eigenvalue weighted by Gasteiger charge is 2.40. The number of pyridine rings is 1. The summed E-state index contributed by atoms with van der Waals surface area (Å²) in [6.07, 6.45) is 1.82. The van der Waals surface area contributed by atoms with E-state index in [4.69, 9.17) is 20.7 Å². The van der Waals surface area contributed by atoms with Crippen LogP contribution in [-0.4, -0.2) is 25.1 Å². The van der Waals surface area contributed by atoms with Crippen LogP contribution in [0, 0.1) is 5.41 Å². The molecule has 4 heteroatoms. The molecule has 6 aromatic rings. The summed E-state index contributed by atoms with van der Waals surface area (Å²) in [6, 6.07) is 26.3. The van der Waals surface area contributed by atoms with Gasteiger partial charge in [-0.1, -0.05) is 94.4 Å². The minimum absolute atomic E-state index is 0.0363. The van der Waals surface area contributed by atoms with Crippen molar-refractivity contribution < 1.29 is 0 Å². The Morgan fingerprint density at radius 2 is 1.57 bits per heavy atom. The monoisotopic (exact) mass is 474 g/mol. The van der Waals surface area contributed by atoms with E-state index >= 15 is 0 Å². The van der Waals surface area contributed by atoms with Crippen LogP contribution in [0.25, 0.3) is 49.7 Å². The summed E-state index contributed by atoms with van der Waals surface area (Å²) in [5.74, 6) is 0. The molecule has 0 fully saturated rings. The summed E-state index contributed by atoms with van der Waals surface area (Å²) in [4.78, 5) is 4.78. The second-order valence-electron chi connectivity index (χ2n) is 12.2. The molecule has 0 atom stereocenters. The number of rotatable bonds is 2. The quantitative estimate of drug-likeness (QED) is 0.237. The first-order valence-electron chi connectivity index (χ1n) is 13.0. The molecule has 37 heavy (non-hydrogen) atoms. The summed E-state index contributed by atoms with van der Waals surface area (Å²) < 4.78 is 2.49. The van der Waals surface area contributed by atoms with E-state index < -0.39 is 5.21 Å². The number of para-hydroxylation sites is 1. The largest absolute Gasteiger partial charge is 0.308 e. The highest BCUT2D eigenvalue weighted by molar-refractivity contribution is 6.40. The number of nitrogens with zero attached hydrogens (tertiary/aromatic N) is 2. The molecule has 0 aliphatic heterocycles. The van der Waals surface area contributed by atoms with Crippen LogP contribution < -0.4 is 0 Å². The lowest BCUT2D eigenvalue weighted by molar-refractivity contribution is 0.358. The Kier molecular flexibility index (Phi) is 4.33. The molecule has 2 nitrogen and oxygen atoms in total. The SMILES string of the molecule is [B]C([B])(c1ccc(-c2ccc3c(c2)c2cccc4c5c(n3c42)-c2ccccc2C5(C)C)nc1)C(C)(C)C. The van der Waals surface area contributed by atoms with Crippen molar-refractivity contribution in [2.75, 3.05) is 0 Å². The van der Waals surface area contributed by atoms with Gasteiger partial charge < -0.3 is 4.40 Å². The van der Waals surface area contributed by atoms with Crippen LogP contribution in [0.5, 0.6) is 0 Å². The molecule has 3 heterocycles. The van der Waals surface area contributed by atoms with Gasteiger partial charge in [0.25, 0.3) is 0 Å². The van der Waals surface area contributed by atoms with Gasteiger partial charge in [0.15, 0.2) is 0 Å². The topological polar surface area (TPSA) is 17.3 Å². The molecule has 0 saturated heterocycles. The molecule has 3 aromatic heterocycles. The van der Waals surface area contributed by atoms with Gasteiger partial charge >= 0.3 is 0 Å². The van der Waals surface area contributed by atoms with Crippen molar-refractivity contribution >= 4 is 42.9 Å². The van der Waals surface area contributed by atoms with Crippen LogP contribution in [0.1, 0.15) is 51.3 Å². The summed E-state index contributed by atoms with van der Waals surface area (Å²) in [5, 5.41) is 2.92. The van der Waals surface area contributed by atoms with Crippen LogP contribution >= 0.6 is 0 Å². The highest BCUT2D eigenvalue weighted by Crippen LogP contribution is 2.54. The van der Waals surface area contributed by atoms with E-state index in [1.165, 1.54) is 49.6 Å². The van der Waals surface area contributed by atoms with Crippen LogP contribution in [0.2, 0.25) is 0 Å². The molecule has 0 amide bonds. The van der Waals surface area contributed by atoms with Gasteiger partial charge in [-0.2, -0.15) is 0 Å². The Balaban J connectivity index is 1.44. The van der Waals surface area contributed by atoms with E-state index in [0.717, 1.165) is 16.8 Å². The fraction of sp³-hybridized carbons (Fsp3) is 0.242. The molecule has 7 rings (SSSR count).